The van der Waals surface area contributed by atoms with Gasteiger partial charge in [-0.2, -0.15) is 0 Å². The highest BCUT2D eigenvalue weighted by molar-refractivity contribution is 14.0. The van der Waals surface area contributed by atoms with E-state index in [-0.39, 0.29) is 24.0 Å². The second-order valence-electron chi connectivity index (χ2n) is 8.12. The Morgan fingerprint density at radius 3 is 2.42 bits per heavy atom. The molecule has 1 fully saturated rings. The average Bonchev–Trinajstić information content (AvgIpc) is 2.76. The topological polar surface area (TPSA) is 48.9 Å². The van der Waals surface area contributed by atoms with E-state index in [4.69, 9.17) is 9.73 Å². The Bertz CT molecular complexity index is 782. The molecule has 2 aromatic rings. The molecule has 0 spiro atoms. The van der Waals surface area contributed by atoms with Crippen LogP contribution in [-0.4, -0.2) is 43.1 Å². The van der Waals surface area contributed by atoms with Crippen LogP contribution >= 0.6 is 24.0 Å². The molecule has 5 nitrogen and oxygen atoms in total. The van der Waals surface area contributed by atoms with Crippen molar-refractivity contribution in [2.45, 2.75) is 58.5 Å². The maximum absolute atomic E-state index is 5.18. The third kappa shape index (κ3) is 8.43. The van der Waals surface area contributed by atoms with Gasteiger partial charge in [-0.1, -0.05) is 54.6 Å². The molecule has 170 valence electrons. The first-order chi connectivity index (χ1) is 14.7. The van der Waals surface area contributed by atoms with Crippen LogP contribution in [0.15, 0.2) is 59.6 Å². The van der Waals surface area contributed by atoms with Gasteiger partial charge in [-0.25, -0.2) is 4.99 Å². The summed E-state index contributed by atoms with van der Waals surface area (Å²) in [5.41, 5.74) is 3.78. The van der Waals surface area contributed by atoms with E-state index in [1.54, 1.807) is 7.11 Å². The summed E-state index contributed by atoms with van der Waals surface area (Å²) in [6.07, 6.45) is 2.26. The molecular weight excluding hydrogens is 499 g/mol. The number of rotatable bonds is 8. The number of guanidine groups is 1. The molecule has 2 unspecified atom stereocenters. The Morgan fingerprint density at radius 2 is 1.77 bits per heavy atom. The van der Waals surface area contributed by atoms with Crippen LogP contribution < -0.4 is 10.6 Å². The first-order valence-corrected chi connectivity index (χ1v) is 11.1. The molecule has 1 aliphatic heterocycles. The molecule has 1 heterocycles. The molecule has 0 radical (unpaired) electrons. The molecule has 2 N–H and O–H groups in total. The van der Waals surface area contributed by atoms with E-state index in [0.29, 0.717) is 25.2 Å². The van der Waals surface area contributed by atoms with Crippen LogP contribution in [0, 0.1) is 0 Å². The highest BCUT2D eigenvalue weighted by Gasteiger charge is 2.25. The largest absolute Gasteiger partial charge is 0.380 e. The van der Waals surface area contributed by atoms with E-state index < -0.39 is 0 Å². The number of nitrogens with one attached hydrogen (secondary N) is 2. The minimum Gasteiger partial charge on any atom is -0.380 e. The molecule has 3 rings (SSSR count). The predicted molar refractivity (Wildman–Crippen MR) is 140 cm³/mol. The van der Waals surface area contributed by atoms with Crippen molar-refractivity contribution in [2.75, 3.05) is 20.2 Å². The van der Waals surface area contributed by atoms with Gasteiger partial charge in [0.25, 0.3) is 0 Å². The number of aliphatic imine (C=N–C) groups is 1. The number of likely N-dealkylation sites (tertiary alicyclic amines) is 1. The number of ether oxygens (including phenoxy) is 1. The van der Waals surface area contributed by atoms with E-state index in [1.165, 1.54) is 16.7 Å². The van der Waals surface area contributed by atoms with Crippen LogP contribution in [-0.2, 0) is 24.4 Å². The van der Waals surface area contributed by atoms with Gasteiger partial charge in [0, 0.05) is 38.8 Å². The molecular formula is C25H37IN4O. The molecule has 0 amide bonds. The highest BCUT2D eigenvalue weighted by atomic mass is 127. The zero-order valence-corrected chi connectivity index (χ0v) is 21.3. The van der Waals surface area contributed by atoms with Gasteiger partial charge in [0.05, 0.1) is 13.2 Å². The van der Waals surface area contributed by atoms with E-state index in [9.17, 15) is 0 Å². The summed E-state index contributed by atoms with van der Waals surface area (Å²) in [6.45, 7) is 8.77. The second-order valence-corrected chi connectivity index (χ2v) is 8.12. The van der Waals surface area contributed by atoms with Gasteiger partial charge in [-0.3, -0.25) is 4.90 Å². The van der Waals surface area contributed by atoms with Gasteiger partial charge < -0.3 is 15.4 Å². The molecule has 0 aromatic heterocycles. The Kier molecular flexibility index (Phi) is 11.3. The van der Waals surface area contributed by atoms with Crippen LogP contribution in [0.1, 0.15) is 43.4 Å². The summed E-state index contributed by atoms with van der Waals surface area (Å²) in [5, 5.41) is 7.07. The Balaban J connectivity index is 0.00000341. The molecule has 2 atom stereocenters. The minimum absolute atomic E-state index is 0. The summed E-state index contributed by atoms with van der Waals surface area (Å²) in [4.78, 5) is 7.40. The van der Waals surface area contributed by atoms with Crippen molar-refractivity contribution < 1.29 is 4.74 Å². The quantitative estimate of drug-likeness (QED) is 0.295. The van der Waals surface area contributed by atoms with Crippen molar-refractivity contribution in [3.8, 4) is 0 Å². The van der Waals surface area contributed by atoms with Crippen molar-refractivity contribution >= 4 is 29.9 Å². The SMILES string of the molecule is CCNC(=NCc1ccc(COC)cc1)NC1CCN(Cc2ccccc2)C(C)C1.I. The number of piperidine rings is 1. The molecule has 0 saturated carbocycles. The van der Waals surface area contributed by atoms with Gasteiger partial charge in [-0.05, 0) is 43.4 Å². The number of hydrogen-bond acceptors (Lipinski definition) is 3. The van der Waals surface area contributed by atoms with Gasteiger partial charge in [0.2, 0.25) is 0 Å². The molecule has 0 aliphatic carbocycles. The van der Waals surface area contributed by atoms with E-state index in [1.807, 2.05) is 0 Å². The first kappa shape index (κ1) is 25.6. The van der Waals surface area contributed by atoms with Crippen molar-refractivity contribution in [1.29, 1.82) is 0 Å². The monoisotopic (exact) mass is 536 g/mol. The standard InChI is InChI=1S/C25H36N4O.HI/c1-4-26-25(27-17-21-10-12-23(13-11-21)19-30-3)28-24-14-15-29(20(2)16-24)18-22-8-6-5-7-9-22;/h5-13,20,24H,4,14-19H2,1-3H3,(H2,26,27,28);1H. The van der Waals surface area contributed by atoms with Crippen molar-refractivity contribution in [3.05, 3.63) is 71.3 Å². The van der Waals surface area contributed by atoms with E-state index in [2.05, 4.69) is 84.0 Å². The Hall–Kier alpha value is -1.64. The average molecular weight is 537 g/mol. The normalized spacial score (nSPS) is 19.5. The number of halogens is 1. The van der Waals surface area contributed by atoms with Gasteiger partial charge in [0.1, 0.15) is 0 Å². The molecule has 1 saturated heterocycles. The zero-order chi connectivity index (χ0) is 21.2. The Morgan fingerprint density at radius 1 is 1.06 bits per heavy atom. The summed E-state index contributed by atoms with van der Waals surface area (Å²) < 4.78 is 5.18. The summed E-state index contributed by atoms with van der Waals surface area (Å²) in [5.74, 6) is 0.909. The van der Waals surface area contributed by atoms with Crippen LogP contribution in [0.4, 0.5) is 0 Å². The summed E-state index contributed by atoms with van der Waals surface area (Å²) in [7, 11) is 1.72. The molecule has 0 bridgehead atoms. The fraction of sp³-hybridized carbons (Fsp3) is 0.480. The van der Waals surface area contributed by atoms with Gasteiger partial charge >= 0.3 is 0 Å². The zero-order valence-electron chi connectivity index (χ0n) is 19.0. The third-order valence-corrected chi connectivity index (χ3v) is 5.68. The lowest BCUT2D eigenvalue weighted by Crippen LogP contribution is -2.51. The number of benzene rings is 2. The minimum atomic E-state index is 0. The van der Waals surface area contributed by atoms with Gasteiger partial charge in [-0.15, -0.1) is 24.0 Å². The van der Waals surface area contributed by atoms with Crippen molar-refractivity contribution in [2.24, 2.45) is 4.99 Å². The lowest BCUT2D eigenvalue weighted by atomic mass is 9.97. The second kappa shape index (κ2) is 13.7. The Labute approximate surface area is 204 Å². The molecule has 2 aromatic carbocycles. The fourth-order valence-electron chi connectivity index (χ4n) is 4.00. The maximum Gasteiger partial charge on any atom is 0.191 e. The van der Waals surface area contributed by atoms with E-state index >= 15 is 0 Å². The van der Waals surface area contributed by atoms with Crippen molar-refractivity contribution in [1.82, 2.24) is 15.5 Å². The highest BCUT2D eigenvalue weighted by Crippen LogP contribution is 2.20. The number of hydrogen-bond donors (Lipinski definition) is 2. The lowest BCUT2D eigenvalue weighted by molar-refractivity contribution is 0.134. The van der Waals surface area contributed by atoms with Crippen LogP contribution in [0.3, 0.4) is 0 Å². The number of nitrogens with zero attached hydrogens (tertiary/aromatic N) is 2. The van der Waals surface area contributed by atoms with E-state index in [0.717, 1.165) is 38.4 Å². The summed E-state index contributed by atoms with van der Waals surface area (Å²) in [6, 6.07) is 20.2. The molecule has 1 aliphatic rings. The van der Waals surface area contributed by atoms with Crippen LogP contribution in [0.25, 0.3) is 0 Å². The first-order valence-electron chi connectivity index (χ1n) is 11.1. The predicted octanol–water partition coefficient (Wildman–Crippen LogP) is 4.56. The van der Waals surface area contributed by atoms with Crippen LogP contribution in [0.2, 0.25) is 0 Å². The molecule has 31 heavy (non-hydrogen) atoms. The fourth-order valence-corrected chi connectivity index (χ4v) is 4.00. The lowest BCUT2D eigenvalue weighted by Gasteiger charge is -2.38. The molecule has 6 heteroatoms. The van der Waals surface area contributed by atoms with Gasteiger partial charge in [0.15, 0.2) is 5.96 Å². The van der Waals surface area contributed by atoms with Crippen molar-refractivity contribution in [3.63, 3.8) is 0 Å². The third-order valence-electron chi connectivity index (χ3n) is 5.68. The summed E-state index contributed by atoms with van der Waals surface area (Å²) >= 11 is 0. The number of methoxy groups -OCH3 is 1. The maximum atomic E-state index is 5.18. The van der Waals surface area contributed by atoms with Crippen LogP contribution in [0.5, 0.6) is 0 Å². The smallest absolute Gasteiger partial charge is 0.191 e.